The zero-order chi connectivity index (χ0) is 11.4. The molecule has 2 aliphatic heterocycles. The number of fused-ring (bicyclic) bond motifs is 1. The van der Waals surface area contributed by atoms with Gasteiger partial charge in [-0.05, 0) is 32.2 Å². The van der Waals surface area contributed by atoms with Crippen molar-refractivity contribution in [1.82, 2.24) is 15.5 Å². The minimum atomic E-state index is 0.185. The van der Waals surface area contributed by atoms with Gasteiger partial charge in [0.1, 0.15) is 0 Å². The first-order valence-electron chi connectivity index (χ1n) is 6.52. The van der Waals surface area contributed by atoms with E-state index in [0.717, 1.165) is 25.6 Å². The zero-order valence-corrected chi connectivity index (χ0v) is 10.2. The van der Waals surface area contributed by atoms with Crippen molar-refractivity contribution in [2.45, 2.75) is 32.2 Å². The molecule has 0 radical (unpaired) electrons. The van der Waals surface area contributed by atoms with Crippen LogP contribution in [-0.2, 0) is 4.79 Å². The number of hydrogen-bond donors (Lipinski definition) is 2. The number of carbonyl (C=O) groups is 1. The first-order valence-corrected chi connectivity index (χ1v) is 6.52. The van der Waals surface area contributed by atoms with Gasteiger partial charge >= 0.3 is 0 Å². The molecule has 2 rings (SSSR count). The van der Waals surface area contributed by atoms with Crippen molar-refractivity contribution in [3.63, 3.8) is 0 Å². The normalized spacial score (nSPS) is 30.1. The van der Waals surface area contributed by atoms with Crippen LogP contribution in [0.1, 0.15) is 26.2 Å². The van der Waals surface area contributed by atoms with E-state index in [-0.39, 0.29) is 5.91 Å². The van der Waals surface area contributed by atoms with Crippen LogP contribution in [0.4, 0.5) is 0 Å². The van der Waals surface area contributed by atoms with E-state index in [2.05, 4.69) is 15.5 Å². The van der Waals surface area contributed by atoms with E-state index in [4.69, 9.17) is 0 Å². The van der Waals surface area contributed by atoms with Gasteiger partial charge in [0.2, 0.25) is 5.91 Å². The predicted molar refractivity (Wildman–Crippen MR) is 64.3 cm³/mol. The number of amides is 1. The summed E-state index contributed by atoms with van der Waals surface area (Å²) in [5.74, 6) is 1.01. The van der Waals surface area contributed by atoms with Gasteiger partial charge in [-0.2, -0.15) is 0 Å². The highest BCUT2D eigenvalue weighted by Gasteiger charge is 2.33. The molecule has 2 N–H and O–H groups in total. The van der Waals surface area contributed by atoms with Gasteiger partial charge in [-0.25, -0.2) is 0 Å². The standard InChI is InChI=1S/C12H23N3O/c1-2-13-12(16)5-7-15-8-10-4-3-6-14-11(10)9-15/h10-11,14H,2-9H2,1H3,(H,13,16). The topological polar surface area (TPSA) is 44.4 Å². The highest BCUT2D eigenvalue weighted by molar-refractivity contribution is 5.75. The highest BCUT2D eigenvalue weighted by Crippen LogP contribution is 2.24. The Bertz CT molecular complexity index is 230. The fraction of sp³-hybridized carbons (Fsp3) is 0.917. The number of nitrogens with one attached hydrogen (secondary N) is 2. The fourth-order valence-corrected chi connectivity index (χ4v) is 2.86. The van der Waals surface area contributed by atoms with Crippen LogP contribution in [0.3, 0.4) is 0 Å². The molecule has 16 heavy (non-hydrogen) atoms. The molecule has 0 saturated carbocycles. The number of carbonyl (C=O) groups excluding carboxylic acids is 1. The van der Waals surface area contributed by atoms with Gasteiger partial charge in [-0.3, -0.25) is 4.79 Å². The first kappa shape index (κ1) is 11.9. The van der Waals surface area contributed by atoms with Gasteiger partial charge in [0.25, 0.3) is 0 Å². The number of nitrogens with zero attached hydrogens (tertiary/aromatic N) is 1. The summed E-state index contributed by atoms with van der Waals surface area (Å²) in [5, 5.41) is 6.43. The minimum Gasteiger partial charge on any atom is -0.356 e. The first-order chi connectivity index (χ1) is 7.79. The summed E-state index contributed by atoms with van der Waals surface area (Å²) in [6.07, 6.45) is 3.31. The summed E-state index contributed by atoms with van der Waals surface area (Å²) >= 11 is 0. The quantitative estimate of drug-likeness (QED) is 0.718. The molecule has 0 aromatic rings. The van der Waals surface area contributed by atoms with Crippen molar-refractivity contribution < 1.29 is 4.79 Å². The van der Waals surface area contributed by atoms with Gasteiger partial charge < -0.3 is 15.5 Å². The monoisotopic (exact) mass is 225 g/mol. The molecule has 0 aliphatic carbocycles. The second-order valence-corrected chi connectivity index (χ2v) is 4.93. The molecule has 4 heteroatoms. The second-order valence-electron chi connectivity index (χ2n) is 4.93. The second kappa shape index (κ2) is 5.64. The van der Waals surface area contributed by atoms with E-state index < -0.39 is 0 Å². The van der Waals surface area contributed by atoms with Gasteiger partial charge in [-0.1, -0.05) is 0 Å². The summed E-state index contributed by atoms with van der Waals surface area (Å²) in [6, 6.07) is 0.683. The maximum absolute atomic E-state index is 11.4. The molecule has 2 heterocycles. The Balaban J connectivity index is 1.70. The predicted octanol–water partition coefficient (Wildman–Crippen LogP) is 0.196. The average molecular weight is 225 g/mol. The van der Waals surface area contributed by atoms with Crippen LogP contribution < -0.4 is 10.6 Å². The number of piperidine rings is 1. The van der Waals surface area contributed by atoms with Gasteiger partial charge in [0, 0.05) is 38.6 Å². The maximum Gasteiger partial charge on any atom is 0.221 e. The van der Waals surface area contributed by atoms with Crippen LogP contribution in [0, 0.1) is 5.92 Å². The Kier molecular flexibility index (Phi) is 4.18. The summed E-state index contributed by atoms with van der Waals surface area (Å²) in [7, 11) is 0. The third-order valence-electron chi connectivity index (χ3n) is 3.70. The zero-order valence-electron chi connectivity index (χ0n) is 10.2. The molecule has 2 fully saturated rings. The van der Waals surface area contributed by atoms with E-state index >= 15 is 0 Å². The Morgan fingerprint density at radius 3 is 3.12 bits per heavy atom. The third kappa shape index (κ3) is 2.95. The lowest BCUT2D eigenvalue weighted by atomic mass is 9.94. The molecule has 92 valence electrons. The van der Waals surface area contributed by atoms with Crippen LogP contribution in [0.25, 0.3) is 0 Å². The molecule has 1 amide bonds. The molecule has 0 bridgehead atoms. The highest BCUT2D eigenvalue weighted by atomic mass is 16.1. The SMILES string of the molecule is CCNC(=O)CCN1CC2CCCNC2C1. The third-order valence-corrected chi connectivity index (χ3v) is 3.70. The lowest BCUT2D eigenvalue weighted by molar-refractivity contribution is -0.121. The number of likely N-dealkylation sites (tertiary alicyclic amines) is 1. The molecule has 2 atom stereocenters. The Morgan fingerprint density at radius 1 is 1.50 bits per heavy atom. The largest absolute Gasteiger partial charge is 0.356 e. The number of hydrogen-bond acceptors (Lipinski definition) is 3. The molecule has 2 aliphatic rings. The summed E-state index contributed by atoms with van der Waals surface area (Å²) < 4.78 is 0. The molecule has 0 aromatic heterocycles. The van der Waals surface area contributed by atoms with Crippen molar-refractivity contribution in [3.05, 3.63) is 0 Å². The van der Waals surface area contributed by atoms with E-state index in [1.54, 1.807) is 0 Å². The van der Waals surface area contributed by atoms with E-state index in [1.807, 2.05) is 6.92 Å². The lowest BCUT2D eigenvalue weighted by Gasteiger charge is -2.24. The van der Waals surface area contributed by atoms with Crippen LogP contribution >= 0.6 is 0 Å². The van der Waals surface area contributed by atoms with Gasteiger partial charge in [0.15, 0.2) is 0 Å². The lowest BCUT2D eigenvalue weighted by Crippen LogP contribution is -2.40. The number of rotatable bonds is 4. The van der Waals surface area contributed by atoms with Crippen LogP contribution in [0.5, 0.6) is 0 Å². The smallest absolute Gasteiger partial charge is 0.221 e. The van der Waals surface area contributed by atoms with Crippen LogP contribution in [-0.4, -0.2) is 49.6 Å². The van der Waals surface area contributed by atoms with Crippen molar-refractivity contribution in [2.24, 2.45) is 5.92 Å². The molecule has 0 spiro atoms. The van der Waals surface area contributed by atoms with E-state index in [0.29, 0.717) is 12.5 Å². The van der Waals surface area contributed by atoms with Gasteiger partial charge in [0.05, 0.1) is 0 Å². The van der Waals surface area contributed by atoms with Gasteiger partial charge in [-0.15, -0.1) is 0 Å². The van der Waals surface area contributed by atoms with Crippen molar-refractivity contribution in [1.29, 1.82) is 0 Å². The summed E-state index contributed by atoms with van der Waals surface area (Å²) in [5.41, 5.74) is 0. The van der Waals surface area contributed by atoms with Crippen molar-refractivity contribution in [3.8, 4) is 0 Å². The summed E-state index contributed by atoms with van der Waals surface area (Å²) in [6.45, 7) is 7.10. The maximum atomic E-state index is 11.4. The molecule has 4 nitrogen and oxygen atoms in total. The van der Waals surface area contributed by atoms with Crippen LogP contribution in [0.2, 0.25) is 0 Å². The Morgan fingerprint density at radius 2 is 2.38 bits per heavy atom. The molecule has 0 aromatic carbocycles. The van der Waals surface area contributed by atoms with Crippen LogP contribution in [0.15, 0.2) is 0 Å². The molecule has 2 unspecified atom stereocenters. The molecular weight excluding hydrogens is 202 g/mol. The molecular formula is C12H23N3O. The van der Waals surface area contributed by atoms with E-state index in [1.165, 1.54) is 25.9 Å². The van der Waals surface area contributed by atoms with E-state index in [9.17, 15) is 4.79 Å². The average Bonchev–Trinajstić information content (AvgIpc) is 2.69. The molecule has 2 saturated heterocycles. The fourth-order valence-electron chi connectivity index (χ4n) is 2.86. The minimum absolute atomic E-state index is 0.185. The van der Waals surface area contributed by atoms with Crippen molar-refractivity contribution in [2.75, 3.05) is 32.7 Å². The van der Waals surface area contributed by atoms with Crippen molar-refractivity contribution >= 4 is 5.91 Å². The summed E-state index contributed by atoms with van der Waals surface area (Å²) in [4.78, 5) is 13.8. The Hall–Kier alpha value is -0.610. The Labute approximate surface area is 97.8 Å².